The number of carbonyl (C=O) groups excluding carboxylic acids is 1. The van der Waals surface area contributed by atoms with E-state index in [0.717, 1.165) is 16.8 Å². The van der Waals surface area contributed by atoms with Crippen molar-refractivity contribution in [3.05, 3.63) is 77.0 Å². The molecule has 200 valence electrons. The third kappa shape index (κ3) is 7.85. The van der Waals surface area contributed by atoms with Gasteiger partial charge in [0, 0.05) is 50.1 Å². The minimum absolute atomic E-state index is 0.0142. The van der Waals surface area contributed by atoms with E-state index in [0.29, 0.717) is 37.0 Å². The lowest BCUT2D eigenvalue weighted by Crippen LogP contribution is -2.43. The second kappa shape index (κ2) is 13.7. The van der Waals surface area contributed by atoms with Crippen molar-refractivity contribution >= 4 is 17.5 Å². The summed E-state index contributed by atoms with van der Waals surface area (Å²) in [5.74, 6) is 0.244. The van der Waals surface area contributed by atoms with E-state index in [2.05, 4.69) is 0 Å². The molecule has 1 amide bonds. The van der Waals surface area contributed by atoms with Crippen LogP contribution in [0.5, 0.6) is 0 Å². The Bertz CT molecular complexity index is 1170. The van der Waals surface area contributed by atoms with E-state index in [1.807, 2.05) is 48.9 Å². The van der Waals surface area contributed by atoms with Crippen LogP contribution in [0.2, 0.25) is 5.02 Å². The minimum Gasteiger partial charge on any atom is -0.383 e. The van der Waals surface area contributed by atoms with Gasteiger partial charge in [0.15, 0.2) is 0 Å². The van der Waals surface area contributed by atoms with Crippen molar-refractivity contribution in [2.45, 2.75) is 38.9 Å². The second-order valence-corrected chi connectivity index (χ2v) is 9.90. The van der Waals surface area contributed by atoms with Crippen LogP contribution in [0, 0.1) is 11.7 Å². The van der Waals surface area contributed by atoms with Crippen LogP contribution in [0.1, 0.15) is 37.7 Å². The van der Waals surface area contributed by atoms with Gasteiger partial charge >= 0.3 is 0 Å². The number of carbonyl (C=O) groups is 1. The first kappa shape index (κ1) is 28.8. The highest BCUT2D eigenvalue weighted by Crippen LogP contribution is 2.32. The van der Waals surface area contributed by atoms with E-state index < -0.39 is 0 Å². The van der Waals surface area contributed by atoms with Gasteiger partial charge in [-0.25, -0.2) is 9.37 Å². The number of aromatic nitrogens is 2. The highest BCUT2D eigenvalue weighted by molar-refractivity contribution is 6.30. The van der Waals surface area contributed by atoms with Gasteiger partial charge in [-0.2, -0.15) is 0 Å². The Labute approximate surface area is 223 Å². The first-order valence-corrected chi connectivity index (χ1v) is 12.7. The molecule has 2 N–H and O–H groups in total. The van der Waals surface area contributed by atoms with Gasteiger partial charge in [0.05, 0.1) is 18.3 Å². The predicted molar refractivity (Wildman–Crippen MR) is 144 cm³/mol. The van der Waals surface area contributed by atoms with Crippen molar-refractivity contribution in [1.82, 2.24) is 14.5 Å². The molecule has 7 nitrogen and oxygen atoms in total. The van der Waals surface area contributed by atoms with Crippen LogP contribution in [0.4, 0.5) is 4.39 Å². The topological polar surface area (TPSA) is 82.6 Å². The largest absolute Gasteiger partial charge is 0.383 e. The van der Waals surface area contributed by atoms with Crippen LogP contribution in [0.25, 0.3) is 11.3 Å². The summed E-state index contributed by atoms with van der Waals surface area (Å²) in [6.07, 6.45) is 2.48. The molecule has 0 fully saturated rings. The van der Waals surface area contributed by atoms with Gasteiger partial charge in [-0.05, 0) is 42.2 Å². The van der Waals surface area contributed by atoms with Gasteiger partial charge in [-0.3, -0.25) is 4.79 Å². The van der Waals surface area contributed by atoms with E-state index in [1.54, 1.807) is 24.1 Å². The van der Waals surface area contributed by atoms with Crippen molar-refractivity contribution < 1.29 is 18.7 Å². The maximum Gasteiger partial charge on any atom is 0.249 e. The molecule has 0 radical (unpaired) electrons. The van der Waals surface area contributed by atoms with E-state index in [9.17, 15) is 9.18 Å². The quantitative estimate of drug-likeness (QED) is 0.339. The molecular formula is C28H36ClFN4O3. The number of rotatable bonds is 13. The molecule has 0 aliphatic heterocycles. The van der Waals surface area contributed by atoms with Crippen LogP contribution < -0.4 is 5.73 Å². The summed E-state index contributed by atoms with van der Waals surface area (Å²) < 4.78 is 26.4. The maximum atomic E-state index is 14.0. The fraction of sp³-hybridized carbons (Fsp3) is 0.429. The summed E-state index contributed by atoms with van der Waals surface area (Å²) in [5.41, 5.74) is 8.56. The highest BCUT2D eigenvalue weighted by Gasteiger charge is 2.32. The van der Waals surface area contributed by atoms with Crippen LogP contribution >= 0.6 is 11.6 Å². The Hall–Kier alpha value is -2.78. The molecule has 1 heterocycles. The van der Waals surface area contributed by atoms with Gasteiger partial charge in [0.25, 0.3) is 0 Å². The van der Waals surface area contributed by atoms with Crippen LogP contribution in [0.3, 0.4) is 0 Å². The Morgan fingerprint density at radius 2 is 1.92 bits per heavy atom. The smallest absolute Gasteiger partial charge is 0.249 e. The summed E-state index contributed by atoms with van der Waals surface area (Å²) >= 11 is 6.26. The third-order valence-corrected chi connectivity index (χ3v) is 6.35. The molecule has 3 aromatic rings. The Morgan fingerprint density at radius 1 is 1.16 bits per heavy atom. The summed E-state index contributed by atoms with van der Waals surface area (Å²) in [6, 6.07) is 13.3. The standard InChI is InChI=1S/C28H36ClFN4O3/c1-19(2)27(34(26(35)18-37-4)12-11-24(31)17-36-3)28-32-25(21-8-6-9-22(29)14-21)16-33(28)15-20-7-5-10-23(30)13-20/h5-10,13-14,16,19,24,27H,11-12,15,17-18,31H2,1-4H3. The Balaban J connectivity index is 2.09. The SMILES string of the molecule is COCC(=O)N(CCC(N)COC)C(c1nc(-c2cccc(Cl)c2)cn1Cc1cccc(F)c1)C(C)C. The van der Waals surface area contributed by atoms with E-state index in [1.165, 1.54) is 19.2 Å². The molecule has 0 bridgehead atoms. The average Bonchev–Trinajstić information content (AvgIpc) is 3.24. The summed E-state index contributed by atoms with van der Waals surface area (Å²) in [4.78, 5) is 20.1. The van der Waals surface area contributed by atoms with Gasteiger partial charge in [-0.15, -0.1) is 0 Å². The van der Waals surface area contributed by atoms with Gasteiger partial charge < -0.3 is 24.7 Å². The number of amides is 1. The molecule has 0 aliphatic rings. The van der Waals surface area contributed by atoms with Crippen molar-refractivity contribution in [2.75, 3.05) is 34.0 Å². The monoisotopic (exact) mass is 530 g/mol. The van der Waals surface area contributed by atoms with Crippen LogP contribution in [0.15, 0.2) is 54.7 Å². The lowest BCUT2D eigenvalue weighted by molar-refractivity contribution is -0.139. The molecular weight excluding hydrogens is 495 g/mol. The molecule has 2 atom stereocenters. The Kier molecular flexibility index (Phi) is 10.6. The number of hydrogen-bond acceptors (Lipinski definition) is 5. The average molecular weight is 531 g/mol. The number of ether oxygens (including phenoxy) is 2. The van der Waals surface area contributed by atoms with E-state index in [-0.39, 0.29) is 36.3 Å². The minimum atomic E-state index is -0.376. The summed E-state index contributed by atoms with van der Waals surface area (Å²) in [7, 11) is 3.10. The molecule has 0 saturated carbocycles. The molecule has 2 unspecified atom stereocenters. The first-order chi connectivity index (χ1) is 17.7. The lowest BCUT2D eigenvalue weighted by atomic mass is 10.00. The van der Waals surface area contributed by atoms with Gasteiger partial charge in [0.1, 0.15) is 18.2 Å². The number of nitrogens with zero attached hydrogens (tertiary/aromatic N) is 3. The predicted octanol–water partition coefficient (Wildman–Crippen LogP) is 4.93. The Morgan fingerprint density at radius 3 is 2.57 bits per heavy atom. The van der Waals surface area contributed by atoms with Gasteiger partial charge in [-0.1, -0.05) is 49.7 Å². The number of nitrogens with two attached hydrogens (primary N) is 1. The van der Waals surface area contributed by atoms with Gasteiger partial charge in [0.2, 0.25) is 5.91 Å². The van der Waals surface area contributed by atoms with Crippen molar-refractivity contribution in [3.8, 4) is 11.3 Å². The number of benzene rings is 2. The molecule has 3 rings (SSSR count). The maximum absolute atomic E-state index is 14.0. The fourth-order valence-electron chi connectivity index (χ4n) is 4.44. The number of halogens is 2. The molecule has 1 aromatic heterocycles. The van der Waals surface area contributed by atoms with Crippen molar-refractivity contribution in [1.29, 1.82) is 0 Å². The van der Waals surface area contributed by atoms with Crippen molar-refractivity contribution in [3.63, 3.8) is 0 Å². The number of imidazole rings is 1. The second-order valence-electron chi connectivity index (χ2n) is 9.47. The number of methoxy groups -OCH3 is 2. The molecule has 37 heavy (non-hydrogen) atoms. The zero-order valence-corrected chi connectivity index (χ0v) is 22.6. The van der Waals surface area contributed by atoms with E-state index >= 15 is 0 Å². The summed E-state index contributed by atoms with van der Waals surface area (Å²) in [5, 5.41) is 0.600. The van der Waals surface area contributed by atoms with Crippen molar-refractivity contribution in [2.24, 2.45) is 11.7 Å². The van der Waals surface area contributed by atoms with Crippen LogP contribution in [-0.4, -0.2) is 60.4 Å². The molecule has 2 aromatic carbocycles. The zero-order valence-electron chi connectivity index (χ0n) is 21.9. The molecule has 0 saturated heterocycles. The normalized spacial score (nSPS) is 13.1. The lowest BCUT2D eigenvalue weighted by Gasteiger charge is -2.35. The highest BCUT2D eigenvalue weighted by atomic mass is 35.5. The summed E-state index contributed by atoms with van der Waals surface area (Å²) in [6.45, 7) is 5.23. The molecule has 0 spiro atoms. The third-order valence-electron chi connectivity index (χ3n) is 6.11. The first-order valence-electron chi connectivity index (χ1n) is 12.3. The number of hydrogen-bond donors (Lipinski definition) is 1. The van der Waals surface area contributed by atoms with E-state index in [4.69, 9.17) is 31.8 Å². The molecule has 0 aliphatic carbocycles. The fourth-order valence-corrected chi connectivity index (χ4v) is 4.63. The zero-order chi connectivity index (χ0) is 26.9. The molecule has 9 heteroatoms. The van der Waals surface area contributed by atoms with Crippen LogP contribution in [-0.2, 0) is 20.8 Å².